The van der Waals surface area contributed by atoms with Crippen molar-refractivity contribution >= 4 is 22.7 Å². The lowest BCUT2D eigenvalue weighted by atomic mass is 9.98. The van der Waals surface area contributed by atoms with Crippen LogP contribution in [-0.2, 0) is 13.6 Å². The van der Waals surface area contributed by atoms with E-state index < -0.39 is 70.2 Å². The SMILES string of the molecule is Cc1cn([C@@H]2[C@H](O[Si](C)(C)C(C)(C)C)[C@H](C(F)F)[C@@H](CO[Si](C)(C)C(C)(C)C)N2C(=O)OC(C)(C)C)c(=O)[nH]c1=O. The summed E-state index contributed by atoms with van der Waals surface area (Å²) in [5, 5.41) is -0.575. The first kappa shape index (κ1) is 35.4. The average molecular weight is 620 g/mol. The van der Waals surface area contributed by atoms with E-state index >= 15 is 8.78 Å². The van der Waals surface area contributed by atoms with Crippen molar-refractivity contribution in [3.63, 3.8) is 0 Å². The van der Waals surface area contributed by atoms with E-state index in [4.69, 9.17) is 13.6 Å². The number of ether oxygens (including phenoxy) is 1. The van der Waals surface area contributed by atoms with Crippen LogP contribution in [0.4, 0.5) is 13.6 Å². The molecule has 0 aliphatic carbocycles. The number of aromatic nitrogens is 2. The van der Waals surface area contributed by atoms with E-state index in [-0.39, 0.29) is 22.2 Å². The van der Waals surface area contributed by atoms with Gasteiger partial charge in [0.2, 0.25) is 6.43 Å². The van der Waals surface area contributed by atoms with Crippen molar-refractivity contribution in [1.82, 2.24) is 14.5 Å². The zero-order valence-corrected chi connectivity index (χ0v) is 29.3. The van der Waals surface area contributed by atoms with Crippen molar-refractivity contribution in [2.75, 3.05) is 6.61 Å². The molecule has 236 valence electrons. The molecule has 0 bridgehead atoms. The van der Waals surface area contributed by atoms with Gasteiger partial charge in [0, 0.05) is 11.8 Å². The fourth-order valence-electron chi connectivity index (χ4n) is 4.26. The molecule has 1 amide bonds. The minimum atomic E-state index is -2.91. The number of hydrogen-bond acceptors (Lipinski definition) is 6. The summed E-state index contributed by atoms with van der Waals surface area (Å²) in [5.41, 5.74) is -2.19. The summed E-state index contributed by atoms with van der Waals surface area (Å²) < 4.78 is 50.5. The van der Waals surface area contributed by atoms with Gasteiger partial charge in [0.05, 0.1) is 24.7 Å². The molecule has 1 aliphatic heterocycles. The van der Waals surface area contributed by atoms with Gasteiger partial charge in [-0.2, -0.15) is 0 Å². The Morgan fingerprint density at radius 1 is 0.976 bits per heavy atom. The second-order valence-electron chi connectivity index (χ2n) is 15.2. The minimum absolute atomic E-state index is 0.185. The first-order valence-electron chi connectivity index (χ1n) is 14.1. The molecule has 13 heteroatoms. The van der Waals surface area contributed by atoms with Gasteiger partial charge >= 0.3 is 11.8 Å². The standard InChI is InChI=1S/C28H51F2N3O6Si2/c1-17-15-32(24(35)31-22(17)34)23-20(39-41(13,14)28(8,9)10)19(21(29)30)18(16-37-40(11,12)27(5,6)7)33(23)25(36)38-26(2,3)4/h15,18-21,23H,16H2,1-14H3,(H,31,34,35)/t18-,19-,20-,23+/m1/s1. The Morgan fingerprint density at radius 3 is 1.93 bits per heavy atom. The number of H-pyrrole nitrogens is 1. The molecule has 9 nitrogen and oxygen atoms in total. The second-order valence-corrected chi connectivity index (χ2v) is 24.7. The largest absolute Gasteiger partial charge is 0.444 e. The number of alkyl halides is 2. The highest BCUT2D eigenvalue weighted by atomic mass is 28.4. The number of aromatic amines is 1. The molecule has 2 heterocycles. The highest BCUT2D eigenvalue weighted by molar-refractivity contribution is 6.74. The molecule has 1 saturated heterocycles. The minimum Gasteiger partial charge on any atom is -0.444 e. The number of carbonyl (C=O) groups is 1. The number of likely N-dealkylation sites (tertiary alicyclic amines) is 1. The van der Waals surface area contributed by atoms with Crippen LogP contribution in [0.15, 0.2) is 15.8 Å². The van der Waals surface area contributed by atoms with E-state index in [1.54, 1.807) is 20.8 Å². The van der Waals surface area contributed by atoms with E-state index in [1.165, 1.54) is 18.0 Å². The molecule has 2 rings (SSSR count). The number of amides is 1. The van der Waals surface area contributed by atoms with Gasteiger partial charge in [-0.15, -0.1) is 0 Å². The van der Waals surface area contributed by atoms with Crippen molar-refractivity contribution in [3.8, 4) is 0 Å². The Labute approximate surface area is 245 Å². The fourth-order valence-corrected chi connectivity index (χ4v) is 6.59. The predicted molar refractivity (Wildman–Crippen MR) is 162 cm³/mol. The zero-order valence-electron chi connectivity index (χ0n) is 27.3. The van der Waals surface area contributed by atoms with Crippen molar-refractivity contribution in [2.24, 2.45) is 5.92 Å². The Hall–Kier alpha value is -1.84. The van der Waals surface area contributed by atoms with Gasteiger partial charge in [0.25, 0.3) is 5.56 Å². The third-order valence-electron chi connectivity index (χ3n) is 8.74. The maximum Gasteiger partial charge on any atom is 0.412 e. The molecule has 1 fully saturated rings. The number of nitrogens with one attached hydrogen (secondary N) is 1. The topological polar surface area (TPSA) is 103 Å². The molecule has 1 aliphatic rings. The molecule has 0 aromatic carbocycles. The summed E-state index contributed by atoms with van der Waals surface area (Å²) in [6.45, 7) is 26.3. The van der Waals surface area contributed by atoms with Crippen LogP contribution in [-0.4, -0.2) is 68.0 Å². The monoisotopic (exact) mass is 619 g/mol. The third kappa shape index (κ3) is 7.77. The average Bonchev–Trinajstić information content (AvgIpc) is 3.05. The van der Waals surface area contributed by atoms with Gasteiger partial charge in [0.1, 0.15) is 11.8 Å². The predicted octanol–water partition coefficient (Wildman–Crippen LogP) is 6.26. The first-order valence-corrected chi connectivity index (χ1v) is 20.0. The van der Waals surface area contributed by atoms with Crippen LogP contribution in [0.2, 0.25) is 36.3 Å². The Morgan fingerprint density at radius 2 is 1.49 bits per heavy atom. The Balaban J connectivity index is 2.89. The maximum atomic E-state index is 15.2. The zero-order chi connectivity index (χ0) is 32.1. The molecular weight excluding hydrogens is 568 g/mol. The lowest BCUT2D eigenvalue weighted by Gasteiger charge is -2.41. The van der Waals surface area contributed by atoms with Crippen LogP contribution in [0.25, 0.3) is 0 Å². The highest BCUT2D eigenvalue weighted by Crippen LogP contribution is 2.48. The van der Waals surface area contributed by atoms with Crippen LogP contribution in [0, 0.1) is 12.8 Å². The number of rotatable bonds is 7. The summed E-state index contributed by atoms with van der Waals surface area (Å²) in [5.74, 6) is -1.49. The summed E-state index contributed by atoms with van der Waals surface area (Å²) >= 11 is 0. The van der Waals surface area contributed by atoms with Gasteiger partial charge in [-0.1, -0.05) is 41.5 Å². The molecule has 4 atom stereocenters. The van der Waals surface area contributed by atoms with Gasteiger partial charge in [-0.25, -0.2) is 18.4 Å². The smallest absolute Gasteiger partial charge is 0.412 e. The first-order chi connectivity index (χ1) is 18.2. The van der Waals surface area contributed by atoms with E-state index in [1.807, 2.05) is 67.7 Å². The van der Waals surface area contributed by atoms with E-state index in [2.05, 4.69) is 4.98 Å². The lowest BCUT2D eigenvalue weighted by Crippen LogP contribution is -2.51. The quantitative estimate of drug-likeness (QED) is 0.362. The third-order valence-corrected chi connectivity index (χ3v) is 17.7. The molecule has 1 aromatic heterocycles. The summed E-state index contributed by atoms with van der Waals surface area (Å²) in [6, 6.07) is -1.17. The number of aryl methyl sites for hydroxylation is 1. The van der Waals surface area contributed by atoms with Crippen molar-refractivity contribution in [2.45, 2.75) is 136 Å². The van der Waals surface area contributed by atoms with Gasteiger partial charge in [-0.3, -0.25) is 19.2 Å². The number of hydrogen-bond donors (Lipinski definition) is 1. The van der Waals surface area contributed by atoms with E-state index in [0.29, 0.717) is 0 Å². The fraction of sp³-hybridized carbons (Fsp3) is 0.821. The molecule has 0 saturated carbocycles. The Kier molecular flexibility index (Phi) is 10.1. The van der Waals surface area contributed by atoms with Crippen LogP contribution in [0.5, 0.6) is 0 Å². The molecule has 41 heavy (non-hydrogen) atoms. The van der Waals surface area contributed by atoms with E-state index in [0.717, 1.165) is 4.57 Å². The van der Waals surface area contributed by atoms with Gasteiger partial charge in [-0.05, 0) is 64.0 Å². The number of halogens is 2. The molecule has 0 spiro atoms. The maximum absolute atomic E-state index is 15.2. The number of nitrogens with zero attached hydrogens (tertiary/aromatic N) is 2. The van der Waals surface area contributed by atoms with Gasteiger partial charge < -0.3 is 13.6 Å². The van der Waals surface area contributed by atoms with Crippen molar-refractivity contribution in [1.29, 1.82) is 0 Å². The molecule has 0 unspecified atom stereocenters. The highest BCUT2D eigenvalue weighted by Gasteiger charge is 2.59. The van der Waals surface area contributed by atoms with Crippen LogP contribution in [0.1, 0.15) is 74.0 Å². The normalized spacial score (nSPS) is 22.9. The summed E-state index contributed by atoms with van der Waals surface area (Å²) in [6.07, 6.45) is -5.07. The van der Waals surface area contributed by atoms with E-state index in [9.17, 15) is 14.4 Å². The van der Waals surface area contributed by atoms with Crippen LogP contribution < -0.4 is 11.2 Å². The lowest BCUT2D eigenvalue weighted by molar-refractivity contribution is -0.0101. The molecule has 1 aromatic rings. The summed E-state index contributed by atoms with van der Waals surface area (Å²) in [7, 11) is -5.18. The second kappa shape index (κ2) is 11.7. The Bertz CT molecular complexity index is 1210. The van der Waals surface area contributed by atoms with Gasteiger partial charge in [0.15, 0.2) is 16.6 Å². The molecular formula is C28H51F2N3O6Si2. The van der Waals surface area contributed by atoms with Crippen LogP contribution in [0.3, 0.4) is 0 Å². The van der Waals surface area contributed by atoms with Crippen LogP contribution >= 0.6 is 0 Å². The van der Waals surface area contributed by atoms with Crippen molar-refractivity contribution < 1.29 is 27.2 Å². The summed E-state index contributed by atoms with van der Waals surface area (Å²) in [4.78, 5) is 42.8. The molecule has 0 radical (unpaired) electrons. The number of carbonyl (C=O) groups excluding carboxylic acids is 1. The molecule has 1 N–H and O–H groups in total. The van der Waals surface area contributed by atoms with Crippen molar-refractivity contribution in [3.05, 3.63) is 32.6 Å².